The molecule has 108 valence electrons. The van der Waals surface area contributed by atoms with Gasteiger partial charge < -0.3 is 10.2 Å². The third-order valence-electron chi connectivity index (χ3n) is 3.87. The SMILES string of the molecule is CCCCCc1cc(O)c2c(O)cccc2c1CCC. The molecule has 0 amide bonds. The van der Waals surface area contributed by atoms with Gasteiger partial charge in [-0.25, -0.2) is 0 Å². The fraction of sp³-hybridized carbons (Fsp3) is 0.444. The number of phenolic OH excluding ortho intramolecular Hbond substituents is 2. The molecule has 0 radical (unpaired) electrons. The van der Waals surface area contributed by atoms with E-state index in [9.17, 15) is 10.2 Å². The van der Waals surface area contributed by atoms with Gasteiger partial charge in [0.25, 0.3) is 0 Å². The van der Waals surface area contributed by atoms with Crippen LogP contribution in [-0.2, 0) is 12.8 Å². The summed E-state index contributed by atoms with van der Waals surface area (Å²) < 4.78 is 0. The minimum absolute atomic E-state index is 0.164. The summed E-state index contributed by atoms with van der Waals surface area (Å²) in [5.74, 6) is 0.363. The average Bonchev–Trinajstić information content (AvgIpc) is 2.43. The van der Waals surface area contributed by atoms with Crippen molar-refractivity contribution in [1.29, 1.82) is 0 Å². The van der Waals surface area contributed by atoms with Gasteiger partial charge in [0, 0.05) is 0 Å². The Labute approximate surface area is 121 Å². The van der Waals surface area contributed by atoms with E-state index in [1.54, 1.807) is 6.07 Å². The maximum Gasteiger partial charge on any atom is 0.127 e. The van der Waals surface area contributed by atoms with Crippen LogP contribution >= 0.6 is 0 Å². The van der Waals surface area contributed by atoms with E-state index in [-0.39, 0.29) is 11.5 Å². The molecule has 2 heteroatoms. The summed E-state index contributed by atoms with van der Waals surface area (Å²) in [4.78, 5) is 0. The normalized spacial score (nSPS) is 11.1. The first kappa shape index (κ1) is 14.7. The second-order valence-electron chi connectivity index (χ2n) is 5.44. The van der Waals surface area contributed by atoms with Gasteiger partial charge in [0.1, 0.15) is 11.5 Å². The Kier molecular flexibility index (Phi) is 4.89. The topological polar surface area (TPSA) is 40.5 Å². The minimum atomic E-state index is 0.164. The van der Waals surface area contributed by atoms with Crippen molar-refractivity contribution in [1.82, 2.24) is 0 Å². The molecule has 2 nitrogen and oxygen atoms in total. The highest BCUT2D eigenvalue weighted by atomic mass is 16.3. The monoisotopic (exact) mass is 272 g/mol. The molecule has 0 spiro atoms. The van der Waals surface area contributed by atoms with Crippen molar-refractivity contribution in [3.05, 3.63) is 35.4 Å². The zero-order chi connectivity index (χ0) is 14.5. The number of unbranched alkanes of at least 4 members (excludes halogenated alkanes) is 2. The lowest BCUT2D eigenvalue weighted by Crippen LogP contribution is -1.97. The van der Waals surface area contributed by atoms with E-state index >= 15 is 0 Å². The van der Waals surface area contributed by atoms with E-state index in [4.69, 9.17) is 0 Å². The van der Waals surface area contributed by atoms with Gasteiger partial charge in [-0.2, -0.15) is 0 Å². The molecular formula is C18H24O2. The fourth-order valence-electron chi connectivity index (χ4n) is 2.89. The molecule has 2 aromatic carbocycles. The highest BCUT2D eigenvalue weighted by Gasteiger charge is 2.13. The quantitative estimate of drug-likeness (QED) is 0.731. The number of phenols is 2. The van der Waals surface area contributed by atoms with Crippen LogP contribution in [0.3, 0.4) is 0 Å². The number of benzene rings is 2. The minimum Gasteiger partial charge on any atom is -0.507 e. The molecule has 0 unspecified atom stereocenters. The van der Waals surface area contributed by atoms with E-state index in [2.05, 4.69) is 13.8 Å². The Morgan fingerprint density at radius 1 is 0.900 bits per heavy atom. The van der Waals surface area contributed by atoms with Gasteiger partial charge in [-0.3, -0.25) is 0 Å². The van der Waals surface area contributed by atoms with Crippen LogP contribution in [0.15, 0.2) is 24.3 Å². The molecule has 2 aromatic rings. The molecule has 0 aliphatic carbocycles. The number of aromatic hydroxyl groups is 2. The fourth-order valence-corrected chi connectivity index (χ4v) is 2.89. The summed E-state index contributed by atoms with van der Waals surface area (Å²) in [6.07, 6.45) is 6.62. The van der Waals surface area contributed by atoms with Crippen LogP contribution in [0, 0.1) is 0 Å². The maximum atomic E-state index is 10.2. The smallest absolute Gasteiger partial charge is 0.127 e. The first-order valence-electron chi connectivity index (χ1n) is 7.64. The Morgan fingerprint density at radius 2 is 1.70 bits per heavy atom. The predicted molar refractivity (Wildman–Crippen MR) is 84.5 cm³/mol. The molecule has 20 heavy (non-hydrogen) atoms. The van der Waals surface area contributed by atoms with E-state index in [1.807, 2.05) is 18.2 Å². The second kappa shape index (κ2) is 6.65. The number of hydrogen-bond acceptors (Lipinski definition) is 2. The molecule has 0 atom stereocenters. The van der Waals surface area contributed by atoms with E-state index in [0.717, 1.165) is 31.1 Å². The van der Waals surface area contributed by atoms with E-state index in [0.29, 0.717) is 5.39 Å². The zero-order valence-corrected chi connectivity index (χ0v) is 12.4. The number of hydrogen-bond donors (Lipinski definition) is 2. The molecule has 0 fully saturated rings. The third-order valence-corrected chi connectivity index (χ3v) is 3.87. The summed E-state index contributed by atoms with van der Waals surface area (Å²) in [7, 11) is 0. The number of rotatable bonds is 6. The van der Waals surface area contributed by atoms with Crippen molar-refractivity contribution >= 4 is 10.8 Å². The van der Waals surface area contributed by atoms with Gasteiger partial charge in [-0.05, 0) is 47.9 Å². The van der Waals surface area contributed by atoms with Crippen molar-refractivity contribution in [2.45, 2.75) is 52.4 Å². The van der Waals surface area contributed by atoms with Crippen molar-refractivity contribution < 1.29 is 10.2 Å². The second-order valence-corrected chi connectivity index (χ2v) is 5.44. The first-order chi connectivity index (χ1) is 9.69. The van der Waals surface area contributed by atoms with Gasteiger partial charge in [0.15, 0.2) is 0 Å². The van der Waals surface area contributed by atoms with Crippen LogP contribution in [0.2, 0.25) is 0 Å². The molecule has 0 bridgehead atoms. The summed E-state index contributed by atoms with van der Waals surface area (Å²) >= 11 is 0. The lowest BCUT2D eigenvalue weighted by atomic mass is 9.92. The molecule has 0 aliphatic rings. The predicted octanol–water partition coefficient (Wildman–Crippen LogP) is 4.94. The molecule has 0 aromatic heterocycles. The Balaban J connectivity index is 2.54. The van der Waals surface area contributed by atoms with Gasteiger partial charge in [-0.1, -0.05) is 45.2 Å². The lowest BCUT2D eigenvalue weighted by Gasteiger charge is -2.15. The summed E-state index contributed by atoms with van der Waals surface area (Å²) in [6.45, 7) is 4.36. The van der Waals surface area contributed by atoms with Crippen molar-refractivity contribution in [3.8, 4) is 11.5 Å². The largest absolute Gasteiger partial charge is 0.507 e. The summed E-state index contributed by atoms with van der Waals surface area (Å²) in [5.41, 5.74) is 2.52. The average molecular weight is 272 g/mol. The Morgan fingerprint density at radius 3 is 2.40 bits per heavy atom. The van der Waals surface area contributed by atoms with Crippen molar-refractivity contribution in [2.24, 2.45) is 0 Å². The van der Waals surface area contributed by atoms with Gasteiger partial charge in [-0.15, -0.1) is 0 Å². The molecular weight excluding hydrogens is 248 g/mol. The zero-order valence-electron chi connectivity index (χ0n) is 12.4. The first-order valence-corrected chi connectivity index (χ1v) is 7.64. The van der Waals surface area contributed by atoms with Crippen LogP contribution in [0.5, 0.6) is 11.5 Å². The molecule has 2 rings (SSSR count). The molecule has 0 heterocycles. The van der Waals surface area contributed by atoms with E-state index in [1.165, 1.54) is 24.0 Å². The summed E-state index contributed by atoms with van der Waals surface area (Å²) in [6, 6.07) is 7.34. The maximum absolute atomic E-state index is 10.2. The molecule has 2 N–H and O–H groups in total. The van der Waals surface area contributed by atoms with Crippen LogP contribution in [0.4, 0.5) is 0 Å². The highest BCUT2D eigenvalue weighted by molar-refractivity contribution is 5.96. The Hall–Kier alpha value is -1.70. The molecule has 0 saturated carbocycles. The summed E-state index contributed by atoms with van der Waals surface area (Å²) in [5, 5.41) is 21.8. The van der Waals surface area contributed by atoms with Crippen LogP contribution in [0.25, 0.3) is 10.8 Å². The van der Waals surface area contributed by atoms with Crippen molar-refractivity contribution in [3.63, 3.8) is 0 Å². The highest BCUT2D eigenvalue weighted by Crippen LogP contribution is 2.37. The van der Waals surface area contributed by atoms with Gasteiger partial charge >= 0.3 is 0 Å². The van der Waals surface area contributed by atoms with Crippen molar-refractivity contribution in [2.75, 3.05) is 0 Å². The van der Waals surface area contributed by atoms with Crippen LogP contribution < -0.4 is 0 Å². The van der Waals surface area contributed by atoms with E-state index < -0.39 is 0 Å². The Bertz CT molecular complexity index is 587. The van der Waals surface area contributed by atoms with Crippen LogP contribution in [-0.4, -0.2) is 10.2 Å². The molecule has 0 aliphatic heterocycles. The third kappa shape index (κ3) is 2.90. The standard InChI is InChI=1S/C18H24O2/c1-3-5-6-9-13-12-17(20)18-15(14(13)8-4-2)10-7-11-16(18)19/h7,10-12,19-20H,3-6,8-9H2,1-2H3. The molecule has 0 saturated heterocycles. The lowest BCUT2D eigenvalue weighted by molar-refractivity contribution is 0.463. The van der Waals surface area contributed by atoms with Gasteiger partial charge in [0.05, 0.1) is 5.39 Å². The number of aryl methyl sites for hydroxylation is 2. The van der Waals surface area contributed by atoms with Gasteiger partial charge in [0.2, 0.25) is 0 Å². The number of fused-ring (bicyclic) bond motifs is 1. The van der Waals surface area contributed by atoms with Crippen LogP contribution in [0.1, 0.15) is 50.7 Å².